The molecule has 7 rings (SSSR count). The predicted octanol–water partition coefficient (Wildman–Crippen LogP) is 8.03. The topological polar surface area (TPSA) is 0 Å². The van der Waals surface area contributed by atoms with Crippen molar-refractivity contribution in [1.82, 2.24) is 0 Å². The first-order valence-corrected chi connectivity index (χ1v) is 12.9. The number of benzene rings is 5. The molecule has 0 aromatic heterocycles. The third-order valence-corrected chi connectivity index (χ3v) is 9.13. The molecule has 34 heavy (non-hydrogen) atoms. The number of hydrogen-bond acceptors (Lipinski definition) is 0. The Morgan fingerprint density at radius 2 is 1.21 bits per heavy atom. The van der Waals surface area contributed by atoms with E-state index in [4.69, 9.17) is 0 Å². The Kier molecular flexibility index (Phi) is 4.41. The van der Waals surface area contributed by atoms with Gasteiger partial charge in [-0.05, 0) is 67.1 Å². The van der Waals surface area contributed by atoms with Crippen molar-refractivity contribution in [1.29, 1.82) is 0 Å². The van der Waals surface area contributed by atoms with Gasteiger partial charge in [0.2, 0.25) is 0 Å². The molecule has 0 spiro atoms. The molecule has 0 N–H and O–H groups in total. The van der Waals surface area contributed by atoms with Gasteiger partial charge in [-0.1, -0.05) is 78.9 Å². The van der Waals surface area contributed by atoms with Crippen LogP contribution >= 0.6 is 0 Å². The molecule has 168 valence electrons. The summed E-state index contributed by atoms with van der Waals surface area (Å²) in [6.45, 7) is 0. The van der Waals surface area contributed by atoms with Gasteiger partial charge in [0.1, 0.15) is 0 Å². The van der Waals surface area contributed by atoms with Crippen LogP contribution in [-0.4, -0.2) is 30.7 Å². The predicted molar refractivity (Wildman–Crippen MR) is 145 cm³/mol. The van der Waals surface area contributed by atoms with Gasteiger partial charge in [-0.25, -0.2) is 0 Å². The minimum Gasteiger partial charge on any atom is -0.324 e. The largest absolute Gasteiger partial charge is 0.324 e. The maximum Gasteiger partial charge on any atom is 0.0896 e. The molecule has 0 aliphatic carbocycles. The summed E-state index contributed by atoms with van der Waals surface area (Å²) in [5, 5.41) is 8.17. The molecule has 0 amide bonds. The Balaban J connectivity index is 1.40. The van der Waals surface area contributed by atoms with Crippen molar-refractivity contribution in [2.24, 2.45) is 5.92 Å². The van der Waals surface area contributed by atoms with Gasteiger partial charge in [0.15, 0.2) is 0 Å². The van der Waals surface area contributed by atoms with Crippen molar-refractivity contribution in [2.45, 2.75) is 37.8 Å². The second kappa shape index (κ2) is 7.42. The molecule has 2 fully saturated rings. The molecule has 2 bridgehead atoms. The van der Waals surface area contributed by atoms with Crippen LogP contribution in [0.25, 0.3) is 37.9 Å². The number of quaternary nitrogens is 1. The zero-order valence-corrected chi connectivity index (χ0v) is 20.2. The molecule has 2 aliphatic rings. The van der Waals surface area contributed by atoms with Crippen LogP contribution in [0.3, 0.4) is 0 Å². The van der Waals surface area contributed by atoms with E-state index in [1.807, 2.05) is 0 Å². The molecule has 1 nitrogen and oxygen atoms in total. The highest BCUT2D eigenvalue weighted by Gasteiger charge is 2.48. The van der Waals surface area contributed by atoms with Crippen molar-refractivity contribution in [3.05, 3.63) is 102 Å². The maximum atomic E-state index is 2.63. The van der Waals surface area contributed by atoms with Gasteiger partial charge in [-0.15, -0.1) is 0 Å². The van der Waals surface area contributed by atoms with Crippen LogP contribution in [0.15, 0.2) is 91.0 Å². The van der Waals surface area contributed by atoms with Gasteiger partial charge in [0, 0.05) is 25.7 Å². The first-order valence-electron chi connectivity index (χ1n) is 12.9. The number of hydrogen-bond donors (Lipinski definition) is 0. The van der Waals surface area contributed by atoms with E-state index in [1.165, 1.54) is 79.2 Å². The molecule has 0 saturated carbocycles. The van der Waals surface area contributed by atoms with Gasteiger partial charge >= 0.3 is 0 Å². The van der Waals surface area contributed by atoms with Gasteiger partial charge in [-0.2, -0.15) is 0 Å². The summed E-state index contributed by atoms with van der Waals surface area (Å²) < 4.78 is 1.23. The average Bonchev–Trinajstić information content (AvgIpc) is 3.01. The van der Waals surface area contributed by atoms with Gasteiger partial charge in [-0.3, -0.25) is 0 Å². The normalized spacial score (nSPS) is 24.4. The summed E-state index contributed by atoms with van der Waals surface area (Å²) in [4.78, 5) is 0. The Morgan fingerprint density at radius 1 is 0.647 bits per heavy atom. The summed E-state index contributed by atoms with van der Waals surface area (Å²) in [7, 11) is 4.92. The molecule has 1 unspecified atom stereocenters. The lowest BCUT2D eigenvalue weighted by Gasteiger charge is -2.44. The lowest BCUT2D eigenvalue weighted by Crippen LogP contribution is -2.54. The van der Waals surface area contributed by atoms with Crippen molar-refractivity contribution in [2.75, 3.05) is 14.1 Å². The molecule has 3 atom stereocenters. The van der Waals surface area contributed by atoms with E-state index in [1.54, 1.807) is 0 Å². The first-order chi connectivity index (χ1) is 16.6. The van der Waals surface area contributed by atoms with Gasteiger partial charge in [0.25, 0.3) is 0 Å². The molecular weight excluding hydrogens is 410 g/mol. The smallest absolute Gasteiger partial charge is 0.0896 e. The average molecular weight is 443 g/mol. The number of allylic oxidation sites excluding steroid dienone is 1. The minimum atomic E-state index is 0.657. The highest BCUT2D eigenvalue weighted by molar-refractivity contribution is 6.23. The lowest BCUT2D eigenvalue weighted by molar-refractivity contribution is -0.931. The molecule has 5 aromatic rings. The van der Waals surface area contributed by atoms with Gasteiger partial charge in [0.05, 0.1) is 26.2 Å². The Hall–Kier alpha value is -3.16. The highest BCUT2D eigenvalue weighted by Crippen LogP contribution is 2.44. The van der Waals surface area contributed by atoms with Crippen LogP contribution in [0.5, 0.6) is 0 Å². The van der Waals surface area contributed by atoms with Crippen molar-refractivity contribution < 1.29 is 4.48 Å². The monoisotopic (exact) mass is 442 g/mol. The van der Waals surface area contributed by atoms with Crippen molar-refractivity contribution in [3.8, 4) is 0 Å². The van der Waals surface area contributed by atoms with Crippen molar-refractivity contribution >= 4 is 37.9 Å². The van der Waals surface area contributed by atoms with E-state index < -0.39 is 0 Å². The molecule has 5 aromatic carbocycles. The second-order valence-electron chi connectivity index (χ2n) is 11.2. The molecule has 2 heterocycles. The fourth-order valence-corrected chi connectivity index (χ4v) is 7.18. The summed E-state index contributed by atoms with van der Waals surface area (Å²) >= 11 is 0. The summed E-state index contributed by atoms with van der Waals surface area (Å²) in [5.41, 5.74) is 4.09. The van der Waals surface area contributed by atoms with Crippen LogP contribution < -0.4 is 0 Å². The Bertz CT molecular complexity index is 1460. The van der Waals surface area contributed by atoms with E-state index in [0.717, 1.165) is 12.1 Å². The summed E-state index contributed by atoms with van der Waals surface area (Å²) in [6, 6.07) is 33.4. The van der Waals surface area contributed by atoms with Gasteiger partial charge < -0.3 is 4.48 Å². The number of nitrogens with zero attached hydrogens (tertiary/aromatic N) is 1. The van der Waals surface area contributed by atoms with E-state index in [-0.39, 0.29) is 0 Å². The molecule has 2 aliphatic heterocycles. The summed E-state index contributed by atoms with van der Waals surface area (Å²) in [6.07, 6.45) is 8.04. The van der Waals surface area contributed by atoms with E-state index in [9.17, 15) is 0 Å². The quantitative estimate of drug-likeness (QED) is 0.196. The van der Waals surface area contributed by atoms with Crippen LogP contribution in [0, 0.1) is 5.92 Å². The van der Waals surface area contributed by atoms with Crippen LogP contribution in [-0.2, 0) is 0 Å². The highest BCUT2D eigenvalue weighted by atomic mass is 15.4. The third-order valence-electron chi connectivity index (χ3n) is 9.13. The minimum absolute atomic E-state index is 0.657. The number of piperidine rings is 1. The van der Waals surface area contributed by atoms with Crippen LogP contribution in [0.2, 0.25) is 0 Å². The van der Waals surface area contributed by atoms with E-state index in [0.29, 0.717) is 5.92 Å². The number of rotatable bonds is 3. The molecule has 0 radical (unpaired) electrons. The Labute approximate surface area is 202 Å². The van der Waals surface area contributed by atoms with Crippen LogP contribution in [0.1, 0.15) is 36.8 Å². The zero-order valence-electron chi connectivity index (χ0n) is 20.2. The standard InChI is InChI=1S/C33H32N/c1-34(2)29-15-16-30(34)18-22(17-29)19-31(23-7-4-3-5-8-23)28-20-26-13-11-24-9-6-10-25-12-14-27(21-28)33(26)32(24)25/h3-14,19-22,29-30H,15-18H2,1-2H3/q+1/b31-19+/t22?,29-,30+. The van der Waals surface area contributed by atoms with E-state index >= 15 is 0 Å². The first kappa shape index (κ1) is 20.2. The zero-order chi connectivity index (χ0) is 22.9. The van der Waals surface area contributed by atoms with E-state index in [2.05, 4.69) is 105 Å². The lowest BCUT2D eigenvalue weighted by atomic mass is 9.84. The molecular formula is C33H32N+. The molecule has 2 saturated heterocycles. The fourth-order valence-electron chi connectivity index (χ4n) is 7.18. The molecule has 1 heteroatoms. The van der Waals surface area contributed by atoms with Crippen molar-refractivity contribution in [3.63, 3.8) is 0 Å². The fraction of sp³-hybridized carbons (Fsp3) is 0.273. The second-order valence-corrected chi connectivity index (χ2v) is 11.2. The SMILES string of the molecule is C[N+]1(C)[C@@H]2CC[C@H]1CC(/C=C(\c1ccccc1)c1cc3ccc4cccc5ccc(c1)c3c45)C2. The maximum absolute atomic E-state index is 2.63. The van der Waals surface area contributed by atoms with Crippen LogP contribution in [0.4, 0.5) is 0 Å². The number of fused-ring (bicyclic) bond motifs is 2. The Morgan fingerprint density at radius 3 is 1.82 bits per heavy atom. The summed E-state index contributed by atoms with van der Waals surface area (Å²) in [5.74, 6) is 0.657. The third kappa shape index (κ3) is 3.03.